The molecule has 1 N–H and O–H groups in total. The van der Waals surface area contributed by atoms with Crippen LogP contribution in [0.3, 0.4) is 0 Å². The summed E-state index contributed by atoms with van der Waals surface area (Å²) in [5, 5.41) is 0. The van der Waals surface area contributed by atoms with E-state index in [4.69, 9.17) is 18.8 Å². The van der Waals surface area contributed by atoms with E-state index in [0.29, 0.717) is 0 Å². The highest BCUT2D eigenvalue weighted by Crippen LogP contribution is 2.53. The van der Waals surface area contributed by atoms with Crippen molar-refractivity contribution in [3.63, 3.8) is 0 Å². The third kappa shape index (κ3) is 4.05. The van der Waals surface area contributed by atoms with Crippen molar-refractivity contribution in [2.24, 2.45) is 11.8 Å². The fourth-order valence-electron chi connectivity index (χ4n) is 3.93. The Balaban J connectivity index is 1.99. The Labute approximate surface area is 180 Å². The lowest BCUT2D eigenvalue weighted by Gasteiger charge is -2.37. The summed E-state index contributed by atoms with van der Waals surface area (Å²) in [6.45, 7) is 4.49. The van der Waals surface area contributed by atoms with Gasteiger partial charge in [0.2, 0.25) is 0 Å². The molecule has 0 spiro atoms. The van der Waals surface area contributed by atoms with Gasteiger partial charge in [0, 0.05) is 5.57 Å². The molecule has 3 saturated heterocycles. The van der Waals surface area contributed by atoms with Crippen LogP contribution in [0.5, 0.6) is 0 Å². The number of esters is 3. The molecule has 0 amide bonds. The van der Waals surface area contributed by atoms with Crippen molar-refractivity contribution < 1.29 is 72.6 Å². The van der Waals surface area contributed by atoms with Crippen molar-refractivity contribution in [2.45, 2.75) is 49.3 Å². The Morgan fingerprint density at radius 3 is 2.09 bits per heavy atom. The van der Waals surface area contributed by atoms with E-state index >= 15 is 0 Å². The van der Waals surface area contributed by atoms with Gasteiger partial charge in [-0.05, 0) is 6.92 Å². The fourth-order valence-corrected chi connectivity index (χ4v) is 4.83. The van der Waals surface area contributed by atoms with E-state index in [-0.39, 0.29) is 5.57 Å². The van der Waals surface area contributed by atoms with E-state index in [0.717, 1.165) is 0 Å². The Hall–Kier alpha value is -2.40. The largest absolute Gasteiger partial charge is 0.455 e. The van der Waals surface area contributed by atoms with E-state index in [1.165, 1.54) is 6.92 Å². The smallest absolute Gasteiger partial charge is 0.438 e. The highest BCUT2D eigenvalue weighted by atomic mass is 32.2. The molecule has 0 aromatic rings. The van der Waals surface area contributed by atoms with Crippen molar-refractivity contribution in [3.8, 4) is 0 Å². The third-order valence-corrected chi connectivity index (χ3v) is 6.12. The summed E-state index contributed by atoms with van der Waals surface area (Å²) >= 11 is 0. The summed E-state index contributed by atoms with van der Waals surface area (Å²) < 4.78 is 130. The van der Waals surface area contributed by atoms with Gasteiger partial charge in [-0.15, -0.1) is 0 Å². The molecule has 0 radical (unpaired) electrons. The first-order valence-corrected chi connectivity index (χ1v) is 10.5. The first kappa shape index (κ1) is 25.2. The molecule has 0 aromatic carbocycles. The predicted octanol–water partition coefficient (Wildman–Crippen LogP) is 0.707. The maximum Gasteiger partial charge on any atom is 0.438 e. The van der Waals surface area contributed by atoms with Crippen molar-refractivity contribution >= 4 is 28.0 Å². The molecule has 3 fully saturated rings. The van der Waals surface area contributed by atoms with Crippen molar-refractivity contribution in [1.29, 1.82) is 0 Å². The van der Waals surface area contributed by atoms with Crippen LogP contribution in [0.1, 0.15) is 6.92 Å². The van der Waals surface area contributed by atoms with Gasteiger partial charge in [0.15, 0.2) is 12.2 Å². The van der Waals surface area contributed by atoms with Crippen LogP contribution in [0.25, 0.3) is 0 Å². The summed E-state index contributed by atoms with van der Waals surface area (Å²) in [7, 11) is -6.00. The molecule has 17 heteroatoms. The van der Waals surface area contributed by atoms with Crippen LogP contribution in [-0.4, -0.2) is 79.0 Å². The SMILES string of the molecule is C=C(C)C(=O)OC1C2OC(=O)C3C2OC1C3C(=O)OC(CS(=O)(=O)O)(C(F)(F)F)C(F)(F)F. The molecule has 3 aliphatic rings. The molecule has 2 bridgehead atoms. The maximum absolute atomic E-state index is 13.5. The van der Waals surface area contributed by atoms with Gasteiger partial charge in [0.05, 0.1) is 0 Å². The van der Waals surface area contributed by atoms with Crippen molar-refractivity contribution in [2.75, 3.05) is 5.75 Å². The maximum atomic E-state index is 13.5. The molecular weight excluding hydrogens is 498 g/mol. The zero-order chi connectivity index (χ0) is 25.3. The first-order chi connectivity index (χ1) is 14.8. The lowest BCUT2D eigenvalue weighted by molar-refractivity contribution is -0.362. The van der Waals surface area contributed by atoms with Gasteiger partial charge in [0.1, 0.15) is 29.8 Å². The highest BCUT2D eigenvalue weighted by Gasteiger charge is 2.78. The van der Waals surface area contributed by atoms with Crippen LogP contribution in [0.15, 0.2) is 12.2 Å². The van der Waals surface area contributed by atoms with Crippen LogP contribution in [0, 0.1) is 11.8 Å². The normalized spacial score (nSPS) is 31.3. The number of alkyl halides is 6. The third-order valence-electron chi connectivity index (χ3n) is 5.34. The second kappa shape index (κ2) is 7.56. The lowest BCUT2D eigenvalue weighted by Crippen LogP contribution is -2.64. The van der Waals surface area contributed by atoms with Gasteiger partial charge in [0.25, 0.3) is 10.1 Å². The summed E-state index contributed by atoms with van der Waals surface area (Å²) in [6.07, 6.45) is -19.1. The summed E-state index contributed by atoms with van der Waals surface area (Å²) in [5.74, 6) is -11.6. The topological polar surface area (TPSA) is 142 Å². The number of carbonyl (C=O) groups excluding carboxylic acids is 3. The predicted molar refractivity (Wildman–Crippen MR) is 87.6 cm³/mol. The molecule has 3 heterocycles. The molecule has 10 nitrogen and oxygen atoms in total. The van der Waals surface area contributed by atoms with E-state index in [2.05, 4.69) is 11.3 Å². The number of rotatable bonds is 6. The Morgan fingerprint density at radius 1 is 1.09 bits per heavy atom. The lowest BCUT2D eigenvalue weighted by atomic mass is 9.78. The molecular formula is C16H14F6O10S. The molecule has 6 unspecified atom stereocenters. The minimum absolute atomic E-state index is 0.168. The van der Waals surface area contributed by atoms with Gasteiger partial charge < -0.3 is 18.9 Å². The Bertz CT molecular complexity index is 988. The monoisotopic (exact) mass is 512 g/mol. The van der Waals surface area contributed by atoms with Crippen LogP contribution in [0.2, 0.25) is 0 Å². The number of fused-ring (bicyclic) bond motifs is 1. The van der Waals surface area contributed by atoms with E-state index < -0.39 is 88.0 Å². The van der Waals surface area contributed by atoms with E-state index in [9.17, 15) is 49.1 Å². The standard InChI is InChI=1S/C16H14F6O10S/c1-4(2)11(23)30-9-8-6(5-7(29-8)10(9)31-12(5)24)13(25)32-14(15(17,18)19,16(20,21)22)3-33(26,27)28/h5-10H,1,3H2,2H3,(H,26,27,28). The van der Waals surface area contributed by atoms with Crippen LogP contribution < -0.4 is 0 Å². The molecule has 3 aliphatic heterocycles. The van der Waals surface area contributed by atoms with Gasteiger partial charge in [-0.3, -0.25) is 14.1 Å². The average Bonchev–Trinajstić information content (AvgIpc) is 3.21. The fraction of sp³-hybridized carbons (Fsp3) is 0.688. The minimum atomic E-state index is -6.56. The number of halogens is 6. The average molecular weight is 512 g/mol. The van der Waals surface area contributed by atoms with Crippen LogP contribution in [-0.2, 0) is 43.4 Å². The minimum Gasteiger partial charge on any atom is -0.455 e. The van der Waals surface area contributed by atoms with Crippen molar-refractivity contribution in [3.05, 3.63) is 12.2 Å². The second-order valence-electron chi connectivity index (χ2n) is 7.64. The van der Waals surface area contributed by atoms with Crippen LogP contribution in [0.4, 0.5) is 26.3 Å². The second-order valence-corrected chi connectivity index (χ2v) is 9.09. The quantitative estimate of drug-likeness (QED) is 0.178. The van der Waals surface area contributed by atoms with Crippen molar-refractivity contribution in [1.82, 2.24) is 0 Å². The Morgan fingerprint density at radius 2 is 1.64 bits per heavy atom. The molecule has 33 heavy (non-hydrogen) atoms. The molecule has 6 atom stereocenters. The first-order valence-electron chi connectivity index (χ1n) is 8.84. The van der Waals surface area contributed by atoms with E-state index in [1.807, 2.05) is 0 Å². The van der Waals surface area contributed by atoms with Gasteiger partial charge in [-0.1, -0.05) is 6.58 Å². The summed E-state index contributed by atoms with van der Waals surface area (Å²) in [4.78, 5) is 36.5. The molecule has 0 aliphatic carbocycles. The number of hydrogen-bond donors (Lipinski definition) is 1. The Kier molecular flexibility index (Phi) is 5.78. The van der Waals surface area contributed by atoms with Gasteiger partial charge in [-0.25, -0.2) is 4.79 Å². The van der Waals surface area contributed by atoms with Crippen LogP contribution >= 0.6 is 0 Å². The molecule has 0 aromatic heterocycles. The number of ether oxygens (including phenoxy) is 4. The molecule has 3 rings (SSSR count). The highest BCUT2D eigenvalue weighted by molar-refractivity contribution is 7.85. The zero-order valence-corrected chi connectivity index (χ0v) is 17.0. The number of hydrogen-bond acceptors (Lipinski definition) is 9. The molecule has 186 valence electrons. The molecule has 0 saturated carbocycles. The summed E-state index contributed by atoms with van der Waals surface area (Å²) in [6, 6.07) is 0. The van der Waals surface area contributed by atoms with Gasteiger partial charge in [-0.2, -0.15) is 34.8 Å². The van der Waals surface area contributed by atoms with Gasteiger partial charge >= 0.3 is 35.9 Å². The summed E-state index contributed by atoms with van der Waals surface area (Å²) in [5.41, 5.74) is -5.84. The zero-order valence-electron chi connectivity index (χ0n) is 16.2. The van der Waals surface area contributed by atoms with E-state index in [1.54, 1.807) is 0 Å². The number of carbonyl (C=O) groups is 3.